The van der Waals surface area contributed by atoms with E-state index in [2.05, 4.69) is 22.3 Å². The van der Waals surface area contributed by atoms with Gasteiger partial charge in [0.2, 0.25) is 0 Å². The van der Waals surface area contributed by atoms with E-state index in [0.717, 1.165) is 20.0 Å². The summed E-state index contributed by atoms with van der Waals surface area (Å²) in [5.41, 5.74) is 6.47. The molecular weight excluding hydrogens is 457 g/mol. The highest BCUT2D eigenvalue weighted by atomic mass is 32.1. The number of anilines is 1. The Hall–Kier alpha value is -3.84. The summed E-state index contributed by atoms with van der Waals surface area (Å²) in [7, 11) is 0. The Labute approximate surface area is 200 Å². The van der Waals surface area contributed by atoms with Gasteiger partial charge in [0.05, 0.1) is 24.3 Å². The molecule has 0 atom stereocenters. The van der Waals surface area contributed by atoms with E-state index in [1.165, 1.54) is 22.2 Å². The van der Waals surface area contributed by atoms with Crippen LogP contribution in [0.3, 0.4) is 0 Å². The van der Waals surface area contributed by atoms with E-state index in [9.17, 15) is 14.0 Å². The number of alkyl carbamates (subject to hydrolysis) is 1. The molecule has 3 aromatic rings. The number of aromatic nitrogens is 3. The number of hydrogen-bond acceptors (Lipinski definition) is 6. The van der Waals surface area contributed by atoms with E-state index in [1.807, 2.05) is 24.3 Å². The normalized spacial score (nSPS) is 11.6. The van der Waals surface area contributed by atoms with Crippen LogP contribution in [-0.2, 0) is 17.8 Å². The van der Waals surface area contributed by atoms with Crippen molar-refractivity contribution in [3.8, 4) is 11.8 Å². The van der Waals surface area contributed by atoms with Crippen molar-refractivity contribution in [1.82, 2.24) is 19.7 Å². The van der Waals surface area contributed by atoms with Gasteiger partial charge in [-0.3, -0.25) is 4.57 Å². The average Bonchev–Trinajstić information content (AvgIpc) is 3.35. The summed E-state index contributed by atoms with van der Waals surface area (Å²) in [6.07, 6.45) is 1.04. The minimum atomic E-state index is -0.669. The first-order valence-corrected chi connectivity index (χ1v) is 11.3. The molecule has 0 radical (unpaired) electrons. The molecule has 0 bridgehead atoms. The Balaban J connectivity index is 1.60. The van der Waals surface area contributed by atoms with Crippen molar-refractivity contribution < 1.29 is 13.9 Å². The number of nitrogen functional groups attached to an aromatic ring is 1. The molecule has 34 heavy (non-hydrogen) atoms. The Bertz CT molecular complexity index is 1300. The fourth-order valence-electron chi connectivity index (χ4n) is 2.84. The molecule has 10 heteroatoms. The molecule has 0 aliphatic heterocycles. The molecule has 3 N–H and O–H groups in total. The number of amides is 1. The average molecular weight is 484 g/mol. The van der Waals surface area contributed by atoms with E-state index >= 15 is 0 Å². The number of nitrogens with zero attached hydrogens (tertiary/aromatic N) is 3. The third kappa shape index (κ3) is 7.35. The van der Waals surface area contributed by atoms with Gasteiger partial charge in [-0.1, -0.05) is 17.9 Å². The van der Waals surface area contributed by atoms with Crippen LogP contribution in [-0.4, -0.2) is 32.6 Å². The predicted molar refractivity (Wildman–Crippen MR) is 130 cm³/mol. The molecule has 0 spiro atoms. The van der Waals surface area contributed by atoms with Gasteiger partial charge >= 0.3 is 11.8 Å². The minimum Gasteiger partial charge on any atom is -0.445 e. The number of halogens is 1. The van der Waals surface area contributed by atoms with Gasteiger partial charge in [-0.05, 0) is 51.1 Å². The van der Waals surface area contributed by atoms with Crippen LogP contribution < -0.4 is 16.7 Å². The van der Waals surface area contributed by atoms with Gasteiger partial charge in [0, 0.05) is 27.2 Å². The molecular formula is C24H26FN5O3S. The van der Waals surface area contributed by atoms with Crippen LogP contribution in [0, 0.1) is 11.8 Å². The summed E-state index contributed by atoms with van der Waals surface area (Å²) in [4.78, 5) is 26.2. The zero-order chi connectivity index (χ0) is 24.7. The summed E-state index contributed by atoms with van der Waals surface area (Å²) in [5, 5.41) is 6.66. The molecule has 0 aliphatic carbocycles. The first kappa shape index (κ1) is 24.8. The smallest absolute Gasteiger partial charge is 0.407 e. The minimum absolute atomic E-state index is 0.103. The van der Waals surface area contributed by atoms with Crippen molar-refractivity contribution in [1.29, 1.82) is 0 Å². The first-order valence-electron chi connectivity index (χ1n) is 10.4. The van der Waals surface area contributed by atoms with Crippen LogP contribution in [0.2, 0.25) is 0 Å². The number of carbonyl (C=O) groups excluding carboxylic acids is 1. The number of ether oxygens (including phenoxy) is 1. The molecule has 0 fully saturated rings. The van der Waals surface area contributed by atoms with Gasteiger partial charge in [-0.2, -0.15) is 5.10 Å². The summed E-state index contributed by atoms with van der Waals surface area (Å²) in [5.74, 6) is 6.16. The standard InChI is InChI=1S/C24H26FN5O3S/c1-24(2,3)28-22(31)33-15-18(12-25)13-30-23(32)29(16-27-30)14-21-10-9-20(34-21)8-7-17-5-4-6-19(26)11-17/h4-6,9-12,16H,13-15,26H2,1-3H3,(H,28,31)/b18-12+. The number of thiophene rings is 1. The highest BCUT2D eigenvalue weighted by molar-refractivity contribution is 7.12. The molecule has 0 saturated carbocycles. The molecule has 0 aliphatic rings. The van der Waals surface area contributed by atoms with E-state index in [0.29, 0.717) is 18.6 Å². The molecule has 0 saturated heterocycles. The molecule has 1 amide bonds. The van der Waals surface area contributed by atoms with Crippen LogP contribution >= 0.6 is 11.3 Å². The Morgan fingerprint density at radius 3 is 2.79 bits per heavy atom. The third-order valence-electron chi connectivity index (χ3n) is 4.37. The largest absolute Gasteiger partial charge is 0.445 e. The van der Waals surface area contributed by atoms with E-state index in [1.54, 1.807) is 32.9 Å². The maximum absolute atomic E-state index is 13.3. The molecule has 2 aromatic heterocycles. The number of rotatable bonds is 6. The second kappa shape index (κ2) is 10.9. The molecule has 178 valence electrons. The Morgan fingerprint density at radius 2 is 2.09 bits per heavy atom. The van der Waals surface area contributed by atoms with E-state index < -0.39 is 17.3 Å². The maximum Gasteiger partial charge on any atom is 0.407 e. The van der Waals surface area contributed by atoms with Crippen LogP contribution in [0.1, 0.15) is 36.1 Å². The number of nitrogens with one attached hydrogen (secondary N) is 1. The predicted octanol–water partition coefficient (Wildman–Crippen LogP) is 3.51. The number of benzene rings is 1. The number of carbonyl (C=O) groups is 1. The highest BCUT2D eigenvalue weighted by Gasteiger charge is 2.16. The fraction of sp³-hybridized carbons (Fsp3) is 0.292. The van der Waals surface area contributed by atoms with Crippen molar-refractivity contribution >= 4 is 23.1 Å². The lowest BCUT2D eigenvalue weighted by Crippen LogP contribution is -2.41. The van der Waals surface area contributed by atoms with Gasteiger partial charge in [-0.15, -0.1) is 11.3 Å². The Kier molecular flexibility index (Phi) is 7.91. The van der Waals surface area contributed by atoms with Gasteiger partial charge in [0.25, 0.3) is 0 Å². The lowest BCUT2D eigenvalue weighted by atomic mass is 10.1. The molecule has 0 unspecified atom stereocenters. The fourth-order valence-corrected chi connectivity index (χ4v) is 3.70. The van der Waals surface area contributed by atoms with E-state index in [4.69, 9.17) is 10.5 Å². The SMILES string of the molecule is CC(C)(C)NC(=O)OC/C(=C/F)Cn1ncn(Cc2ccc(C#Cc3cccc(N)c3)s2)c1=O. The summed E-state index contributed by atoms with van der Waals surface area (Å²) in [6.45, 7) is 5.28. The molecule has 3 rings (SSSR count). The lowest BCUT2D eigenvalue weighted by molar-refractivity contribution is 0.145. The quantitative estimate of drug-likeness (QED) is 0.412. The Morgan fingerprint density at radius 1 is 1.29 bits per heavy atom. The summed E-state index contributed by atoms with van der Waals surface area (Å²) in [6, 6.07) is 11.1. The van der Waals surface area contributed by atoms with Crippen molar-refractivity contribution in [3.05, 3.63) is 80.4 Å². The summed E-state index contributed by atoms with van der Waals surface area (Å²) >= 11 is 1.47. The van der Waals surface area contributed by atoms with Gasteiger partial charge in [-0.25, -0.2) is 18.7 Å². The zero-order valence-corrected chi connectivity index (χ0v) is 20.0. The van der Waals surface area contributed by atoms with Crippen LogP contribution in [0.25, 0.3) is 0 Å². The molecule has 2 heterocycles. The van der Waals surface area contributed by atoms with Crippen LogP contribution in [0.15, 0.2) is 59.4 Å². The van der Waals surface area contributed by atoms with E-state index in [-0.39, 0.29) is 18.7 Å². The van der Waals surface area contributed by atoms with Crippen LogP contribution in [0.4, 0.5) is 14.9 Å². The second-order valence-electron chi connectivity index (χ2n) is 8.56. The monoisotopic (exact) mass is 483 g/mol. The van der Waals surface area contributed by atoms with Gasteiger partial charge in [0.15, 0.2) is 0 Å². The summed E-state index contributed by atoms with van der Waals surface area (Å²) < 4.78 is 20.9. The molecule has 1 aromatic carbocycles. The van der Waals surface area contributed by atoms with Gasteiger partial charge in [0.1, 0.15) is 12.9 Å². The van der Waals surface area contributed by atoms with Crippen molar-refractivity contribution in [2.45, 2.75) is 39.4 Å². The molecule has 8 nitrogen and oxygen atoms in total. The zero-order valence-electron chi connectivity index (χ0n) is 19.2. The topological polar surface area (TPSA) is 104 Å². The van der Waals surface area contributed by atoms with Crippen molar-refractivity contribution in [3.63, 3.8) is 0 Å². The number of nitrogens with two attached hydrogens (primary N) is 1. The first-order chi connectivity index (χ1) is 16.1. The van der Waals surface area contributed by atoms with Crippen LogP contribution in [0.5, 0.6) is 0 Å². The van der Waals surface area contributed by atoms with Crippen molar-refractivity contribution in [2.24, 2.45) is 0 Å². The second-order valence-corrected chi connectivity index (χ2v) is 9.73. The highest BCUT2D eigenvalue weighted by Crippen LogP contribution is 2.16. The maximum atomic E-state index is 13.3. The number of hydrogen-bond donors (Lipinski definition) is 2. The van der Waals surface area contributed by atoms with Gasteiger partial charge < -0.3 is 15.8 Å². The lowest BCUT2D eigenvalue weighted by Gasteiger charge is -2.20. The third-order valence-corrected chi connectivity index (χ3v) is 5.36. The van der Waals surface area contributed by atoms with Crippen molar-refractivity contribution in [2.75, 3.05) is 12.3 Å².